The van der Waals surface area contributed by atoms with Gasteiger partial charge in [-0.1, -0.05) is 19.4 Å². The van der Waals surface area contributed by atoms with Gasteiger partial charge in [0.1, 0.15) is 5.82 Å². The Morgan fingerprint density at radius 2 is 1.95 bits per heavy atom. The van der Waals surface area contributed by atoms with Crippen molar-refractivity contribution in [3.63, 3.8) is 0 Å². The molecule has 3 rings (SSSR count). The predicted octanol–water partition coefficient (Wildman–Crippen LogP) is 4.41. The van der Waals surface area contributed by atoms with Crippen molar-refractivity contribution in [2.75, 3.05) is 6.54 Å². The van der Waals surface area contributed by atoms with E-state index in [-0.39, 0.29) is 5.82 Å². The number of aryl methyl sites for hydroxylation is 1. The van der Waals surface area contributed by atoms with E-state index in [0.29, 0.717) is 11.8 Å². The van der Waals surface area contributed by atoms with Crippen LogP contribution in [0.2, 0.25) is 0 Å². The van der Waals surface area contributed by atoms with Crippen molar-refractivity contribution >= 4 is 0 Å². The fourth-order valence-electron chi connectivity index (χ4n) is 3.68. The number of hydrogen-bond donors (Lipinski definition) is 1. The van der Waals surface area contributed by atoms with Gasteiger partial charge in [-0.3, -0.25) is 0 Å². The molecule has 0 bridgehead atoms. The minimum Gasteiger partial charge on any atom is -0.314 e. The monoisotopic (exact) mass is 275 g/mol. The first-order chi connectivity index (χ1) is 9.61. The molecule has 20 heavy (non-hydrogen) atoms. The molecule has 0 amide bonds. The Morgan fingerprint density at radius 1 is 1.15 bits per heavy atom. The topological polar surface area (TPSA) is 12.0 Å². The summed E-state index contributed by atoms with van der Waals surface area (Å²) in [5.74, 6) is 1.89. The third kappa shape index (κ3) is 3.41. The maximum atomic E-state index is 13.7. The summed E-state index contributed by atoms with van der Waals surface area (Å²) in [5, 5.41) is 3.68. The molecule has 0 aliphatic heterocycles. The van der Waals surface area contributed by atoms with Crippen molar-refractivity contribution in [2.45, 2.75) is 57.9 Å². The number of benzene rings is 1. The van der Waals surface area contributed by atoms with Crippen molar-refractivity contribution in [1.82, 2.24) is 5.32 Å². The lowest BCUT2D eigenvalue weighted by molar-refractivity contribution is 0.241. The van der Waals surface area contributed by atoms with Crippen LogP contribution in [0, 0.1) is 24.6 Å². The van der Waals surface area contributed by atoms with Crippen LogP contribution < -0.4 is 5.32 Å². The molecule has 2 aliphatic rings. The van der Waals surface area contributed by atoms with E-state index in [4.69, 9.17) is 0 Å². The molecule has 2 heteroatoms. The average molecular weight is 275 g/mol. The molecule has 2 fully saturated rings. The zero-order chi connectivity index (χ0) is 14.1. The quantitative estimate of drug-likeness (QED) is 0.858. The molecule has 0 aromatic heterocycles. The van der Waals surface area contributed by atoms with Crippen molar-refractivity contribution in [2.24, 2.45) is 11.8 Å². The molecule has 3 unspecified atom stereocenters. The molecule has 0 saturated heterocycles. The van der Waals surface area contributed by atoms with E-state index in [0.717, 1.165) is 24.1 Å². The lowest BCUT2D eigenvalue weighted by Gasteiger charge is -2.35. The molecule has 2 saturated carbocycles. The van der Waals surface area contributed by atoms with Crippen LogP contribution in [0.5, 0.6) is 0 Å². The first-order valence-electron chi connectivity index (χ1n) is 8.12. The number of hydrogen-bond acceptors (Lipinski definition) is 1. The summed E-state index contributed by atoms with van der Waals surface area (Å²) in [6.45, 7) is 5.44. The fraction of sp³-hybridized carbons (Fsp3) is 0.667. The Morgan fingerprint density at radius 3 is 2.65 bits per heavy atom. The lowest BCUT2D eigenvalue weighted by atomic mass is 9.71. The van der Waals surface area contributed by atoms with E-state index in [1.54, 1.807) is 12.1 Å². The van der Waals surface area contributed by atoms with Crippen molar-refractivity contribution < 1.29 is 4.39 Å². The average Bonchev–Trinajstić information content (AvgIpc) is 3.20. The van der Waals surface area contributed by atoms with Gasteiger partial charge < -0.3 is 5.32 Å². The molecular weight excluding hydrogens is 249 g/mol. The Kier molecular flexibility index (Phi) is 4.11. The van der Waals surface area contributed by atoms with Gasteiger partial charge in [0.05, 0.1) is 0 Å². The Bertz CT molecular complexity index is 446. The van der Waals surface area contributed by atoms with Gasteiger partial charge in [-0.2, -0.15) is 0 Å². The third-order valence-electron chi connectivity index (χ3n) is 4.99. The van der Waals surface area contributed by atoms with Crippen molar-refractivity contribution in [3.8, 4) is 0 Å². The highest BCUT2D eigenvalue weighted by atomic mass is 19.1. The minimum absolute atomic E-state index is 0.0767. The molecular formula is C18H26FN. The summed E-state index contributed by atoms with van der Waals surface area (Å²) >= 11 is 0. The summed E-state index contributed by atoms with van der Waals surface area (Å²) in [6, 6.07) is 6.35. The summed E-state index contributed by atoms with van der Waals surface area (Å²) in [6.07, 6.45) is 6.49. The van der Waals surface area contributed by atoms with E-state index < -0.39 is 0 Å². The number of halogens is 1. The maximum Gasteiger partial charge on any atom is 0.123 e. The maximum absolute atomic E-state index is 13.7. The summed E-state index contributed by atoms with van der Waals surface area (Å²) in [4.78, 5) is 0. The van der Waals surface area contributed by atoms with Gasteiger partial charge >= 0.3 is 0 Å². The van der Waals surface area contributed by atoms with Crippen LogP contribution in [0.15, 0.2) is 18.2 Å². The molecule has 3 atom stereocenters. The number of rotatable bonds is 4. The standard InChI is InChI=1S/C18H26FN/c1-12-3-4-14(11-20-17-5-6-17)18(9-12)15-7-13(2)8-16(19)10-15/h7-8,10,12,14,17-18,20H,3-6,9,11H2,1-2H3. The second-order valence-corrected chi connectivity index (χ2v) is 7.03. The molecule has 1 nitrogen and oxygen atoms in total. The summed E-state index contributed by atoms with van der Waals surface area (Å²) in [7, 11) is 0. The van der Waals surface area contributed by atoms with Crippen LogP contribution in [0.1, 0.15) is 56.1 Å². The third-order valence-corrected chi connectivity index (χ3v) is 4.99. The normalized spacial score (nSPS) is 30.4. The molecule has 110 valence electrons. The largest absolute Gasteiger partial charge is 0.314 e. The van der Waals surface area contributed by atoms with Crippen LogP contribution in [-0.2, 0) is 0 Å². The van der Waals surface area contributed by atoms with Gasteiger partial charge in [0, 0.05) is 6.04 Å². The lowest BCUT2D eigenvalue weighted by Crippen LogP contribution is -2.32. The molecule has 1 aromatic carbocycles. The van der Waals surface area contributed by atoms with E-state index in [9.17, 15) is 4.39 Å². The Hall–Kier alpha value is -0.890. The SMILES string of the molecule is Cc1cc(F)cc(C2CC(C)CCC2CNC2CC2)c1. The Balaban J connectivity index is 1.76. The highest BCUT2D eigenvalue weighted by Gasteiger charge is 2.31. The zero-order valence-electron chi connectivity index (χ0n) is 12.7. The van der Waals surface area contributed by atoms with Crippen LogP contribution in [-0.4, -0.2) is 12.6 Å². The number of nitrogens with one attached hydrogen (secondary N) is 1. The van der Waals surface area contributed by atoms with Gasteiger partial charge in [-0.15, -0.1) is 0 Å². The molecule has 1 aromatic rings. The van der Waals surface area contributed by atoms with Crippen molar-refractivity contribution in [1.29, 1.82) is 0 Å². The molecule has 0 spiro atoms. The molecule has 0 heterocycles. The minimum atomic E-state index is -0.0767. The van der Waals surface area contributed by atoms with Gasteiger partial charge in [0.2, 0.25) is 0 Å². The van der Waals surface area contributed by atoms with E-state index >= 15 is 0 Å². The summed E-state index contributed by atoms with van der Waals surface area (Å²) in [5.41, 5.74) is 2.27. The van der Waals surface area contributed by atoms with Gasteiger partial charge in [0.15, 0.2) is 0 Å². The van der Waals surface area contributed by atoms with Crippen LogP contribution in [0.4, 0.5) is 4.39 Å². The Labute approximate surface area is 122 Å². The van der Waals surface area contributed by atoms with E-state index in [1.165, 1.54) is 37.7 Å². The first kappa shape index (κ1) is 14.1. The van der Waals surface area contributed by atoms with Gasteiger partial charge in [-0.05, 0) is 80.2 Å². The van der Waals surface area contributed by atoms with Crippen LogP contribution in [0.25, 0.3) is 0 Å². The molecule has 2 aliphatic carbocycles. The fourth-order valence-corrected chi connectivity index (χ4v) is 3.68. The predicted molar refractivity (Wildman–Crippen MR) is 81.4 cm³/mol. The van der Waals surface area contributed by atoms with Crippen LogP contribution >= 0.6 is 0 Å². The van der Waals surface area contributed by atoms with Crippen LogP contribution in [0.3, 0.4) is 0 Å². The second kappa shape index (κ2) is 5.85. The van der Waals surface area contributed by atoms with Gasteiger partial charge in [-0.25, -0.2) is 4.39 Å². The second-order valence-electron chi connectivity index (χ2n) is 7.03. The zero-order valence-corrected chi connectivity index (χ0v) is 12.7. The first-order valence-corrected chi connectivity index (χ1v) is 8.12. The summed E-state index contributed by atoms with van der Waals surface area (Å²) < 4.78 is 13.7. The highest BCUT2D eigenvalue weighted by Crippen LogP contribution is 2.41. The van der Waals surface area contributed by atoms with Crippen molar-refractivity contribution in [3.05, 3.63) is 35.1 Å². The smallest absolute Gasteiger partial charge is 0.123 e. The van der Waals surface area contributed by atoms with E-state index in [2.05, 4.69) is 18.3 Å². The van der Waals surface area contributed by atoms with E-state index in [1.807, 2.05) is 6.92 Å². The molecule has 0 radical (unpaired) electrons. The van der Waals surface area contributed by atoms with Gasteiger partial charge in [0.25, 0.3) is 0 Å². The highest BCUT2D eigenvalue weighted by molar-refractivity contribution is 5.27. The molecule has 1 N–H and O–H groups in total.